The molecule has 336 valence electrons. The minimum Gasteiger partial charge on any atom is -0.370 e. The molecule has 5 atom stereocenters. The lowest BCUT2D eigenvalue weighted by atomic mass is 10.2. The lowest BCUT2D eigenvalue weighted by molar-refractivity contribution is -0.173. The van der Waals surface area contributed by atoms with Crippen LogP contribution in [0.15, 0.2) is 16.1 Å². The van der Waals surface area contributed by atoms with E-state index in [1.54, 1.807) is 5.32 Å². The predicted molar refractivity (Wildman–Crippen MR) is 204 cm³/mol. The van der Waals surface area contributed by atoms with Gasteiger partial charge >= 0.3 is 41.6 Å². The fraction of sp³-hybridized carbons (Fsp3) is 0.615. The fourth-order valence-electron chi connectivity index (χ4n) is 4.84. The molecular formula is C26H38F3N10O16P3S2. The maximum Gasteiger partial charge on any atom is 0.490 e. The molecule has 34 heteroatoms. The van der Waals surface area contributed by atoms with Crippen molar-refractivity contribution in [2.75, 3.05) is 57.0 Å². The number of nitrogens with two attached hydrogens (primary N) is 1. The Kier molecular flexibility index (Phi) is 20.2. The summed E-state index contributed by atoms with van der Waals surface area (Å²) >= 11 is 0. The van der Waals surface area contributed by atoms with Gasteiger partial charge in [0.1, 0.15) is 25.0 Å². The van der Waals surface area contributed by atoms with Crippen molar-refractivity contribution in [3.63, 3.8) is 0 Å². The number of aromatic amines is 1. The average molecular weight is 961 g/mol. The van der Waals surface area contributed by atoms with Crippen molar-refractivity contribution >= 4 is 74.0 Å². The minimum absolute atomic E-state index is 0.0313. The Bertz CT molecular complexity index is 2110. The van der Waals surface area contributed by atoms with Crippen LogP contribution in [0.1, 0.15) is 37.5 Å². The van der Waals surface area contributed by atoms with Crippen molar-refractivity contribution < 1.29 is 83.4 Å². The maximum atomic E-state index is 13.0. The Labute approximate surface area is 344 Å². The predicted octanol–water partition coefficient (Wildman–Crippen LogP) is 2.45. The standard InChI is InChI=1S/C26H38F3N10O16P3S2/c27-26(28,29)23(41)32-8-10-59-60-15-50-9-3-1-2-6-33-25(42)34-7-4-5-16-12-39(21-20(16)22(40)37-24(30)36-21)19-11-17(51-14-35-38-31)18(53-19)13-52-57(46,47)55-58(48,49)54-56(43,44)45/h12,17-19H,1-3,6-11,13-15H2,(H,32,41)(H,46,47)(H,48,49)(H2,33,34,42)(H2,43,44,45)(H3,30,36,37,40)/t17?,18-,19-/m1/s1. The van der Waals surface area contributed by atoms with Crippen molar-refractivity contribution in [1.29, 1.82) is 0 Å². The third-order valence-corrected chi connectivity index (χ3v) is 13.1. The quantitative estimate of drug-likeness (QED) is 0.0107. The lowest BCUT2D eigenvalue weighted by Gasteiger charge is -2.21. The number of azide groups is 1. The summed E-state index contributed by atoms with van der Waals surface area (Å²) in [6.45, 7) is -1.000. The van der Waals surface area contributed by atoms with E-state index in [4.69, 9.17) is 39.8 Å². The molecule has 10 N–H and O–H groups in total. The average Bonchev–Trinajstić information content (AvgIpc) is 3.70. The smallest absolute Gasteiger partial charge is 0.370 e. The molecule has 1 aliphatic heterocycles. The molecule has 3 unspecified atom stereocenters. The number of alkyl halides is 3. The summed E-state index contributed by atoms with van der Waals surface area (Å²) in [6, 6.07) is -0.525. The highest BCUT2D eigenvalue weighted by atomic mass is 33.1. The molecule has 60 heavy (non-hydrogen) atoms. The minimum atomic E-state index is -5.82. The van der Waals surface area contributed by atoms with Gasteiger partial charge in [0.2, 0.25) is 5.95 Å². The number of urea groups is 1. The first-order valence-electron chi connectivity index (χ1n) is 16.7. The van der Waals surface area contributed by atoms with Crippen LogP contribution < -0.4 is 27.2 Å². The lowest BCUT2D eigenvalue weighted by Crippen LogP contribution is -2.37. The monoisotopic (exact) mass is 960 g/mol. The molecule has 0 spiro atoms. The summed E-state index contributed by atoms with van der Waals surface area (Å²) in [6.07, 6.45) is -5.13. The summed E-state index contributed by atoms with van der Waals surface area (Å²) in [4.78, 5) is 81.8. The molecule has 1 aliphatic rings. The molecule has 0 radical (unpaired) electrons. The van der Waals surface area contributed by atoms with Crippen LogP contribution in [-0.4, -0.2) is 116 Å². The zero-order chi connectivity index (χ0) is 44.6. The highest BCUT2D eigenvalue weighted by Crippen LogP contribution is 2.66. The summed E-state index contributed by atoms with van der Waals surface area (Å²) in [5, 5.41) is 10.2. The van der Waals surface area contributed by atoms with Crippen LogP contribution in [0, 0.1) is 11.8 Å². The van der Waals surface area contributed by atoms with E-state index in [-0.39, 0.29) is 47.8 Å². The van der Waals surface area contributed by atoms with Gasteiger partial charge in [0.15, 0.2) is 5.65 Å². The van der Waals surface area contributed by atoms with Gasteiger partial charge in [0.25, 0.3) is 5.56 Å². The highest BCUT2D eigenvalue weighted by Gasteiger charge is 2.44. The Morgan fingerprint density at radius 1 is 1.12 bits per heavy atom. The molecule has 0 aromatic carbocycles. The number of hydrogen-bond acceptors (Lipinski definition) is 17. The SMILES string of the molecule is [N-]=[N+]=NCOC1C[C@H](n2cc(C#CCNC(=O)NCCCCCOCSSCCNC(=O)C(F)(F)F)c3c(=O)[nH]c(N)nc32)O[C@@H]1COP(=O)(O)OP(=O)(O)OP(=O)(O)O. The number of hydrogen-bond donors (Lipinski definition) is 9. The molecule has 3 rings (SSSR count). The van der Waals surface area contributed by atoms with Crippen molar-refractivity contribution in [2.45, 2.75) is 50.3 Å². The topological polar surface area (TPSA) is 383 Å². The van der Waals surface area contributed by atoms with Crippen molar-refractivity contribution in [2.24, 2.45) is 5.11 Å². The van der Waals surface area contributed by atoms with Crippen LogP contribution in [-0.2, 0) is 45.8 Å². The molecule has 2 aromatic rings. The Morgan fingerprint density at radius 3 is 2.57 bits per heavy atom. The number of H-pyrrole nitrogens is 1. The molecule has 1 saturated heterocycles. The van der Waals surface area contributed by atoms with Gasteiger partial charge in [-0.3, -0.25) is 19.1 Å². The zero-order valence-corrected chi connectivity index (χ0v) is 34.9. The summed E-state index contributed by atoms with van der Waals surface area (Å²) in [5.41, 5.74) is 13.8. The van der Waals surface area contributed by atoms with E-state index in [9.17, 15) is 51.0 Å². The second kappa shape index (κ2) is 23.7. The number of phosphoric acid groups is 3. The number of nitrogens with one attached hydrogen (secondary N) is 4. The highest BCUT2D eigenvalue weighted by molar-refractivity contribution is 8.76. The number of aromatic nitrogens is 3. The number of carbonyl (C=O) groups is 2. The largest absolute Gasteiger partial charge is 0.490 e. The number of halogens is 3. The van der Waals surface area contributed by atoms with Gasteiger partial charge in [-0.2, -0.15) is 26.8 Å². The number of rotatable bonds is 24. The van der Waals surface area contributed by atoms with Gasteiger partial charge in [-0.1, -0.05) is 38.5 Å². The molecule has 26 nitrogen and oxygen atoms in total. The number of phosphoric ester groups is 1. The van der Waals surface area contributed by atoms with Crippen molar-refractivity contribution in [3.8, 4) is 11.8 Å². The number of carbonyl (C=O) groups excluding carboxylic acids is 2. The fourth-order valence-corrected chi connectivity index (χ4v) is 9.43. The summed E-state index contributed by atoms with van der Waals surface area (Å²) in [5.74, 6) is 3.77. The van der Waals surface area contributed by atoms with Crippen LogP contribution in [0.4, 0.5) is 23.9 Å². The Morgan fingerprint density at radius 2 is 1.87 bits per heavy atom. The number of fused-ring (bicyclic) bond motifs is 1. The summed E-state index contributed by atoms with van der Waals surface area (Å²) in [7, 11) is -14.5. The molecular weight excluding hydrogens is 922 g/mol. The second-order valence-electron chi connectivity index (χ2n) is 11.6. The van der Waals surface area contributed by atoms with Crippen LogP contribution in [0.25, 0.3) is 21.5 Å². The van der Waals surface area contributed by atoms with E-state index in [2.05, 4.69) is 51.1 Å². The molecule has 3 heterocycles. The van der Waals surface area contributed by atoms with E-state index >= 15 is 0 Å². The number of ether oxygens (including phenoxy) is 3. The molecule has 3 amide bonds. The molecule has 0 aliphatic carbocycles. The molecule has 2 aromatic heterocycles. The van der Waals surface area contributed by atoms with Gasteiger partial charge in [-0.25, -0.2) is 18.5 Å². The number of unbranched alkanes of at least 4 members (excludes halogenated alkanes) is 2. The molecule has 1 fully saturated rings. The first-order valence-corrected chi connectivity index (χ1v) is 23.8. The van der Waals surface area contributed by atoms with Crippen molar-refractivity contribution in [3.05, 3.63) is 32.6 Å². The second-order valence-corrected chi connectivity index (χ2v) is 18.6. The molecule has 0 bridgehead atoms. The Balaban J connectivity index is 1.51. The van der Waals surface area contributed by atoms with Gasteiger partial charge in [-0.15, -0.1) is 0 Å². The first kappa shape index (κ1) is 51.0. The van der Waals surface area contributed by atoms with Crippen molar-refractivity contribution in [1.82, 2.24) is 30.5 Å². The van der Waals surface area contributed by atoms with Crippen LogP contribution in [0.5, 0.6) is 0 Å². The third-order valence-electron chi connectivity index (χ3n) is 7.17. The van der Waals surface area contributed by atoms with Crippen LogP contribution in [0.3, 0.4) is 0 Å². The van der Waals surface area contributed by atoms with E-state index in [0.717, 1.165) is 6.42 Å². The number of nitrogens with zero attached hydrogens (tertiary/aromatic N) is 5. The van der Waals surface area contributed by atoms with Gasteiger partial charge in [-0.05, 0) is 24.8 Å². The van der Waals surface area contributed by atoms with E-state index in [1.165, 1.54) is 32.4 Å². The van der Waals surface area contributed by atoms with E-state index < -0.39 is 78.9 Å². The number of nitrogen functional groups attached to an aromatic ring is 1. The van der Waals surface area contributed by atoms with Gasteiger partial charge in [0, 0.05) is 43.0 Å². The third kappa shape index (κ3) is 18.3. The van der Waals surface area contributed by atoms with Crippen LogP contribution >= 0.6 is 45.1 Å². The normalized spacial score (nSPS) is 18.8. The van der Waals surface area contributed by atoms with Gasteiger partial charge in [0.05, 0.1) is 30.2 Å². The number of anilines is 1. The van der Waals surface area contributed by atoms with E-state index in [1.807, 2.05) is 0 Å². The Hall–Kier alpha value is -3.39. The first-order chi connectivity index (χ1) is 28.1. The number of amides is 3. The molecule has 0 saturated carbocycles. The van der Waals surface area contributed by atoms with Gasteiger partial charge < -0.3 is 60.0 Å². The summed E-state index contributed by atoms with van der Waals surface area (Å²) < 4.78 is 102. The zero-order valence-electron chi connectivity index (χ0n) is 30.6. The maximum absolute atomic E-state index is 13.0. The van der Waals surface area contributed by atoms with Crippen LogP contribution in [0.2, 0.25) is 0 Å². The van der Waals surface area contributed by atoms with E-state index in [0.29, 0.717) is 31.9 Å².